The minimum absolute atomic E-state index is 0.172. The molecule has 3 rings (SSSR count). The number of benzene rings is 3. The van der Waals surface area contributed by atoms with Crippen LogP contribution in [0.1, 0.15) is 26.3 Å². The molecule has 0 radical (unpaired) electrons. The molecule has 0 saturated heterocycles. The van der Waals surface area contributed by atoms with E-state index in [1.807, 2.05) is 0 Å². The zero-order valence-corrected chi connectivity index (χ0v) is 20.1. The third-order valence-electron chi connectivity index (χ3n) is 5.10. The average molecular weight is 478 g/mol. The van der Waals surface area contributed by atoms with Crippen molar-refractivity contribution in [1.82, 2.24) is 0 Å². The summed E-state index contributed by atoms with van der Waals surface area (Å²) >= 11 is 0. The van der Waals surface area contributed by atoms with Crippen LogP contribution in [0, 0.1) is 0 Å². The fourth-order valence-electron chi connectivity index (χ4n) is 3.36. The van der Waals surface area contributed by atoms with E-state index in [9.17, 15) is 9.59 Å². The second kappa shape index (κ2) is 11.6. The van der Waals surface area contributed by atoms with Gasteiger partial charge in [0.1, 0.15) is 22.8 Å². The van der Waals surface area contributed by atoms with Crippen LogP contribution in [0.4, 0.5) is 0 Å². The summed E-state index contributed by atoms with van der Waals surface area (Å²) in [6, 6.07) is 14.7. The van der Waals surface area contributed by atoms with Crippen LogP contribution in [0.3, 0.4) is 0 Å². The predicted octanol–water partition coefficient (Wildman–Crippen LogP) is 4.84. The van der Waals surface area contributed by atoms with E-state index < -0.39 is 5.97 Å². The van der Waals surface area contributed by atoms with Crippen LogP contribution >= 0.6 is 0 Å². The van der Waals surface area contributed by atoms with Gasteiger partial charge in [-0.15, -0.1) is 0 Å². The number of ketones is 1. The van der Waals surface area contributed by atoms with Crippen molar-refractivity contribution < 1.29 is 38.0 Å². The van der Waals surface area contributed by atoms with Gasteiger partial charge in [0.25, 0.3) is 0 Å². The number of hydrogen-bond donors (Lipinski definition) is 0. The molecule has 0 aromatic heterocycles. The van der Waals surface area contributed by atoms with Gasteiger partial charge in [0.15, 0.2) is 17.3 Å². The highest BCUT2D eigenvalue weighted by Crippen LogP contribution is 2.38. The zero-order chi connectivity index (χ0) is 25.4. The second-order valence-electron chi connectivity index (χ2n) is 7.11. The van der Waals surface area contributed by atoms with Crippen LogP contribution in [-0.4, -0.2) is 47.3 Å². The quantitative estimate of drug-likeness (QED) is 0.177. The highest BCUT2D eigenvalue weighted by atomic mass is 16.5. The van der Waals surface area contributed by atoms with Gasteiger partial charge in [-0.3, -0.25) is 4.79 Å². The summed E-state index contributed by atoms with van der Waals surface area (Å²) in [6.07, 6.45) is 3.08. The molecule has 8 heteroatoms. The first-order valence-electron chi connectivity index (χ1n) is 10.5. The van der Waals surface area contributed by atoms with Crippen molar-refractivity contribution >= 4 is 17.8 Å². The molecule has 0 atom stereocenters. The van der Waals surface area contributed by atoms with Crippen LogP contribution in [0.5, 0.6) is 34.5 Å². The molecule has 8 nitrogen and oxygen atoms in total. The third kappa shape index (κ3) is 5.73. The molecular formula is C27H26O8. The Balaban J connectivity index is 1.75. The van der Waals surface area contributed by atoms with Crippen molar-refractivity contribution in [3.05, 3.63) is 77.4 Å². The van der Waals surface area contributed by atoms with Crippen LogP contribution < -0.4 is 28.4 Å². The van der Waals surface area contributed by atoms with Gasteiger partial charge in [-0.1, -0.05) is 12.1 Å². The summed E-state index contributed by atoms with van der Waals surface area (Å²) < 4.78 is 31.9. The Morgan fingerprint density at radius 1 is 0.686 bits per heavy atom. The van der Waals surface area contributed by atoms with Crippen LogP contribution in [0.15, 0.2) is 60.7 Å². The average Bonchev–Trinajstić information content (AvgIpc) is 2.90. The van der Waals surface area contributed by atoms with Crippen molar-refractivity contribution in [1.29, 1.82) is 0 Å². The lowest BCUT2D eigenvalue weighted by Crippen LogP contribution is -2.12. The van der Waals surface area contributed by atoms with Crippen molar-refractivity contribution in [3.63, 3.8) is 0 Å². The summed E-state index contributed by atoms with van der Waals surface area (Å²) in [5.41, 5.74) is 1.29. The van der Waals surface area contributed by atoms with Crippen molar-refractivity contribution in [3.8, 4) is 34.5 Å². The Labute approximate surface area is 203 Å². The summed E-state index contributed by atoms with van der Waals surface area (Å²) in [7, 11) is 7.48. The van der Waals surface area contributed by atoms with E-state index in [2.05, 4.69) is 0 Å². The molecule has 0 amide bonds. The molecule has 0 aliphatic rings. The summed E-state index contributed by atoms with van der Waals surface area (Å²) in [6.45, 7) is 0. The van der Waals surface area contributed by atoms with Crippen molar-refractivity contribution in [2.45, 2.75) is 0 Å². The van der Waals surface area contributed by atoms with Gasteiger partial charge in [0.05, 0.1) is 35.5 Å². The van der Waals surface area contributed by atoms with Crippen molar-refractivity contribution in [2.24, 2.45) is 0 Å². The van der Waals surface area contributed by atoms with Gasteiger partial charge in [-0.2, -0.15) is 0 Å². The first-order valence-corrected chi connectivity index (χ1v) is 10.5. The number of ether oxygens (including phenoxy) is 6. The summed E-state index contributed by atoms with van der Waals surface area (Å²) in [4.78, 5) is 25.4. The van der Waals surface area contributed by atoms with Crippen molar-refractivity contribution in [2.75, 3.05) is 35.5 Å². The zero-order valence-electron chi connectivity index (χ0n) is 20.1. The normalized spacial score (nSPS) is 10.5. The second-order valence-corrected chi connectivity index (χ2v) is 7.11. The SMILES string of the molecule is COc1cc(/C=C/C(=O)c2ccc(OC(=O)c3c(OC)cccc3OC)cc2)cc(OC)c1OC. The third-order valence-corrected chi connectivity index (χ3v) is 5.10. The molecule has 0 fully saturated rings. The minimum atomic E-state index is -0.638. The molecule has 182 valence electrons. The maximum atomic E-state index is 12.7. The van der Waals surface area contributed by atoms with Gasteiger partial charge < -0.3 is 28.4 Å². The van der Waals surface area contributed by atoms with Crippen LogP contribution in [0.2, 0.25) is 0 Å². The van der Waals surface area contributed by atoms with E-state index in [4.69, 9.17) is 28.4 Å². The van der Waals surface area contributed by atoms with Gasteiger partial charge in [-0.25, -0.2) is 4.79 Å². The van der Waals surface area contributed by atoms with E-state index in [1.165, 1.54) is 41.6 Å². The summed E-state index contributed by atoms with van der Waals surface area (Å²) in [5.74, 6) is 1.50. The number of rotatable bonds is 10. The molecule has 0 heterocycles. The Kier molecular flexibility index (Phi) is 8.34. The van der Waals surface area contributed by atoms with Gasteiger partial charge in [0, 0.05) is 5.56 Å². The fraction of sp³-hybridized carbons (Fsp3) is 0.185. The van der Waals surface area contributed by atoms with E-state index >= 15 is 0 Å². The Hall–Kier alpha value is -4.46. The highest BCUT2D eigenvalue weighted by molar-refractivity contribution is 6.07. The lowest BCUT2D eigenvalue weighted by atomic mass is 10.1. The maximum absolute atomic E-state index is 12.7. The highest BCUT2D eigenvalue weighted by Gasteiger charge is 2.20. The molecule has 0 aliphatic heterocycles. The monoisotopic (exact) mass is 478 g/mol. The molecule has 0 N–H and O–H groups in total. The Morgan fingerprint density at radius 2 is 1.23 bits per heavy atom. The molecule has 3 aromatic carbocycles. The molecule has 0 spiro atoms. The molecule has 0 bridgehead atoms. The van der Waals surface area contributed by atoms with E-state index in [-0.39, 0.29) is 17.1 Å². The summed E-state index contributed by atoms with van der Waals surface area (Å²) in [5, 5.41) is 0. The first kappa shape index (κ1) is 25.2. The fourth-order valence-corrected chi connectivity index (χ4v) is 3.36. The number of esters is 1. The first-order chi connectivity index (χ1) is 16.9. The van der Waals surface area contributed by atoms with E-state index in [1.54, 1.807) is 60.7 Å². The van der Waals surface area contributed by atoms with Crippen LogP contribution in [0.25, 0.3) is 6.08 Å². The molecule has 0 aliphatic carbocycles. The molecular weight excluding hydrogens is 452 g/mol. The smallest absolute Gasteiger partial charge is 0.351 e. The van der Waals surface area contributed by atoms with E-state index in [0.29, 0.717) is 39.9 Å². The molecule has 3 aromatic rings. The topological polar surface area (TPSA) is 89.5 Å². The molecule has 35 heavy (non-hydrogen) atoms. The predicted molar refractivity (Wildman–Crippen MR) is 130 cm³/mol. The number of allylic oxidation sites excluding steroid dienone is 1. The molecule has 0 unspecified atom stereocenters. The van der Waals surface area contributed by atoms with Gasteiger partial charge in [0.2, 0.25) is 5.75 Å². The minimum Gasteiger partial charge on any atom is -0.496 e. The van der Waals surface area contributed by atoms with Crippen LogP contribution in [-0.2, 0) is 0 Å². The number of hydrogen-bond acceptors (Lipinski definition) is 8. The standard InChI is InChI=1S/C27H26O8/c1-30-21-7-6-8-22(31-2)25(21)27(29)35-19-12-10-18(11-13-19)20(28)14-9-17-15-23(32-3)26(34-5)24(16-17)33-4/h6-16H,1-5H3/b14-9+. The Morgan fingerprint density at radius 3 is 1.71 bits per heavy atom. The van der Waals surface area contributed by atoms with E-state index in [0.717, 1.165) is 0 Å². The Bertz CT molecular complexity index is 1180. The largest absolute Gasteiger partial charge is 0.496 e. The van der Waals surface area contributed by atoms with Gasteiger partial charge in [-0.05, 0) is 60.2 Å². The van der Waals surface area contributed by atoms with Gasteiger partial charge >= 0.3 is 5.97 Å². The number of carbonyl (C=O) groups excluding carboxylic acids is 2. The lowest BCUT2D eigenvalue weighted by Gasteiger charge is -2.12. The molecule has 0 saturated carbocycles. The number of carbonyl (C=O) groups is 2. The lowest BCUT2D eigenvalue weighted by molar-refractivity contribution is 0.0727. The number of methoxy groups -OCH3 is 5. The maximum Gasteiger partial charge on any atom is 0.351 e.